The SMILES string of the molecule is CC(C)(C)O/N=C(/c1cc(Cl)c(F)cc1O)c1c(O)ccc[n+]1[O-]. The van der Waals surface area contributed by atoms with Crippen molar-refractivity contribution >= 4 is 17.3 Å². The van der Waals surface area contributed by atoms with Crippen LogP contribution in [0.4, 0.5) is 4.39 Å². The van der Waals surface area contributed by atoms with Crippen LogP contribution < -0.4 is 4.73 Å². The Labute approximate surface area is 143 Å². The van der Waals surface area contributed by atoms with Crippen molar-refractivity contribution in [3.63, 3.8) is 0 Å². The summed E-state index contributed by atoms with van der Waals surface area (Å²) in [5, 5.41) is 35.7. The van der Waals surface area contributed by atoms with Crippen LogP contribution in [0.3, 0.4) is 0 Å². The van der Waals surface area contributed by atoms with Gasteiger partial charge in [-0.25, -0.2) is 4.39 Å². The highest BCUT2D eigenvalue weighted by molar-refractivity contribution is 6.31. The highest BCUT2D eigenvalue weighted by Gasteiger charge is 2.27. The Morgan fingerprint density at radius 1 is 1.29 bits per heavy atom. The molecule has 0 radical (unpaired) electrons. The van der Waals surface area contributed by atoms with Crippen LogP contribution in [0.5, 0.6) is 11.5 Å². The number of phenols is 1. The fourth-order valence-corrected chi connectivity index (χ4v) is 2.00. The first-order valence-corrected chi connectivity index (χ1v) is 7.34. The summed E-state index contributed by atoms with van der Waals surface area (Å²) in [7, 11) is 0. The van der Waals surface area contributed by atoms with Crippen LogP contribution in [0.15, 0.2) is 35.6 Å². The lowest BCUT2D eigenvalue weighted by Gasteiger charge is -2.17. The van der Waals surface area contributed by atoms with E-state index < -0.39 is 17.2 Å². The minimum atomic E-state index is -0.832. The van der Waals surface area contributed by atoms with Gasteiger partial charge in [0, 0.05) is 12.1 Å². The van der Waals surface area contributed by atoms with Crippen molar-refractivity contribution in [3.05, 3.63) is 57.8 Å². The van der Waals surface area contributed by atoms with Crippen molar-refractivity contribution in [1.82, 2.24) is 0 Å². The molecule has 0 saturated carbocycles. The number of phenolic OH excluding ortho intramolecular Hbond substituents is 1. The van der Waals surface area contributed by atoms with E-state index in [1.54, 1.807) is 20.8 Å². The van der Waals surface area contributed by atoms with Gasteiger partial charge in [-0.1, -0.05) is 16.8 Å². The molecular weight excluding hydrogens is 339 g/mol. The van der Waals surface area contributed by atoms with Crippen LogP contribution in [0.1, 0.15) is 32.0 Å². The van der Waals surface area contributed by atoms with Gasteiger partial charge in [0.15, 0.2) is 17.7 Å². The zero-order valence-corrected chi connectivity index (χ0v) is 14.0. The lowest BCUT2D eigenvalue weighted by Crippen LogP contribution is -2.35. The largest absolute Gasteiger partial charge is 0.618 e. The second-order valence-corrected chi connectivity index (χ2v) is 6.40. The molecule has 0 aliphatic carbocycles. The van der Waals surface area contributed by atoms with E-state index in [1.807, 2.05) is 0 Å². The number of hydrogen-bond acceptors (Lipinski definition) is 5. The number of pyridine rings is 1. The van der Waals surface area contributed by atoms with Crippen LogP contribution in [0.25, 0.3) is 0 Å². The first-order chi connectivity index (χ1) is 11.1. The lowest BCUT2D eigenvalue weighted by molar-refractivity contribution is -0.607. The lowest BCUT2D eigenvalue weighted by atomic mass is 10.0. The Morgan fingerprint density at radius 3 is 2.54 bits per heavy atom. The predicted molar refractivity (Wildman–Crippen MR) is 86.6 cm³/mol. The van der Waals surface area contributed by atoms with E-state index in [9.17, 15) is 19.8 Å². The molecule has 0 unspecified atom stereocenters. The minimum absolute atomic E-state index is 0.0586. The number of hydrogen-bond donors (Lipinski definition) is 2. The molecule has 1 heterocycles. The number of oxime groups is 1. The van der Waals surface area contributed by atoms with Crippen molar-refractivity contribution in [2.45, 2.75) is 26.4 Å². The standard InChI is InChI=1S/C16H16ClFN2O4/c1-16(2,3)24-19-14(15-12(21)5-4-6-20(15)23)9-7-10(17)11(18)8-13(9)22/h4-8,21-22H,1-3H3/b19-14-. The summed E-state index contributed by atoms with van der Waals surface area (Å²) in [5.74, 6) is -1.72. The van der Waals surface area contributed by atoms with E-state index in [4.69, 9.17) is 16.4 Å². The summed E-state index contributed by atoms with van der Waals surface area (Å²) < 4.78 is 13.8. The molecule has 0 fully saturated rings. The molecule has 0 atom stereocenters. The number of halogens is 2. The molecule has 8 heteroatoms. The molecule has 128 valence electrons. The molecule has 0 aliphatic rings. The second kappa shape index (κ2) is 6.52. The number of aromatic nitrogens is 1. The van der Waals surface area contributed by atoms with Crippen molar-refractivity contribution in [3.8, 4) is 11.5 Å². The fraction of sp³-hybridized carbons (Fsp3) is 0.250. The fourth-order valence-electron chi connectivity index (χ4n) is 1.83. The Bertz CT molecular complexity index is 783. The second-order valence-electron chi connectivity index (χ2n) is 5.99. The number of nitrogens with zero attached hydrogens (tertiary/aromatic N) is 2. The van der Waals surface area contributed by atoms with Gasteiger partial charge in [-0.15, -0.1) is 0 Å². The summed E-state index contributed by atoms with van der Waals surface area (Å²) in [6, 6.07) is 4.51. The highest BCUT2D eigenvalue weighted by Crippen LogP contribution is 2.29. The topological polar surface area (TPSA) is 89.0 Å². The monoisotopic (exact) mass is 354 g/mol. The third kappa shape index (κ3) is 3.86. The van der Waals surface area contributed by atoms with E-state index in [2.05, 4.69) is 5.16 Å². The van der Waals surface area contributed by atoms with Crippen molar-refractivity contribution < 1.29 is 24.2 Å². The molecule has 2 N–H and O–H groups in total. The first kappa shape index (κ1) is 17.8. The maximum Gasteiger partial charge on any atom is 0.288 e. The Kier molecular flexibility index (Phi) is 4.84. The first-order valence-electron chi connectivity index (χ1n) is 6.96. The van der Waals surface area contributed by atoms with Crippen LogP contribution in [0, 0.1) is 11.0 Å². The normalized spacial score (nSPS) is 12.3. The molecule has 0 aliphatic heterocycles. The Hall–Kier alpha value is -2.54. The summed E-state index contributed by atoms with van der Waals surface area (Å²) >= 11 is 5.76. The maximum absolute atomic E-state index is 13.5. The van der Waals surface area contributed by atoms with Gasteiger partial charge in [0.1, 0.15) is 17.2 Å². The molecule has 0 saturated heterocycles. The molecule has 2 rings (SSSR count). The zero-order valence-electron chi connectivity index (χ0n) is 13.2. The van der Waals surface area contributed by atoms with Crippen LogP contribution in [0.2, 0.25) is 5.02 Å². The van der Waals surface area contributed by atoms with Crippen LogP contribution in [-0.2, 0) is 4.84 Å². The summed E-state index contributed by atoms with van der Waals surface area (Å²) in [6.45, 7) is 5.17. The molecule has 6 nitrogen and oxygen atoms in total. The smallest absolute Gasteiger partial charge is 0.288 e. The molecule has 1 aromatic heterocycles. The molecule has 0 amide bonds. The van der Waals surface area contributed by atoms with Crippen LogP contribution >= 0.6 is 11.6 Å². The van der Waals surface area contributed by atoms with Gasteiger partial charge in [0.2, 0.25) is 0 Å². The van der Waals surface area contributed by atoms with E-state index in [0.29, 0.717) is 4.73 Å². The predicted octanol–water partition coefficient (Wildman–Crippen LogP) is 3.09. The van der Waals surface area contributed by atoms with Gasteiger partial charge in [-0.05, 0) is 32.9 Å². The maximum atomic E-state index is 13.5. The quantitative estimate of drug-likeness (QED) is 0.383. The summed E-state index contributed by atoms with van der Waals surface area (Å²) in [5.41, 5.74) is -1.21. The molecular formula is C16H16ClFN2O4. The number of benzene rings is 1. The highest BCUT2D eigenvalue weighted by atomic mass is 35.5. The summed E-state index contributed by atoms with van der Waals surface area (Å²) in [4.78, 5) is 5.31. The van der Waals surface area contributed by atoms with Gasteiger partial charge in [-0.2, -0.15) is 4.73 Å². The van der Waals surface area contributed by atoms with Gasteiger partial charge in [-0.3, -0.25) is 0 Å². The zero-order chi connectivity index (χ0) is 18.1. The number of aromatic hydroxyl groups is 2. The molecule has 1 aromatic carbocycles. The van der Waals surface area contributed by atoms with E-state index >= 15 is 0 Å². The Balaban J connectivity index is 2.72. The molecule has 24 heavy (non-hydrogen) atoms. The van der Waals surface area contributed by atoms with E-state index in [1.165, 1.54) is 12.1 Å². The summed E-state index contributed by atoms with van der Waals surface area (Å²) in [6.07, 6.45) is 1.14. The van der Waals surface area contributed by atoms with Gasteiger partial charge in [0.05, 0.1) is 10.6 Å². The van der Waals surface area contributed by atoms with Crippen molar-refractivity contribution in [2.24, 2.45) is 5.16 Å². The third-order valence-corrected chi connectivity index (χ3v) is 3.16. The van der Waals surface area contributed by atoms with Gasteiger partial charge in [0.25, 0.3) is 5.69 Å². The average Bonchev–Trinajstić information content (AvgIpc) is 2.45. The molecule has 0 spiro atoms. The Morgan fingerprint density at radius 2 is 1.96 bits per heavy atom. The third-order valence-electron chi connectivity index (χ3n) is 2.87. The minimum Gasteiger partial charge on any atom is -0.618 e. The average molecular weight is 355 g/mol. The van der Waals surface area contributed by atoms with Crippen molar-refractivity contribution in [1.29, 1.82) is 0 Å². The van der Waals surface area contributed by atoms with Gasteiger partial charge >= 0.3 is 0 Å². The van der Waals surface area contributed by atoms with Crippen LogP contribution in [-0.4, -0.2) is 21.5 Å². The van der Waals surface area contributed by atoms with E-state index in [-0.39, 0.29) is 27.7 Å². The molecule has 2 aromatic rings. The molecule has 0 bridgehead atoms. The van der Waals surface area contributed by atoms with Crippen molar-refractivity contribution in [2.75, 3.05) is 0 Å². The van der Waals surface area contributed by atoms with Gasteiger partial charge < -0.3 is 20.3 Å². The number of rotatable bonds is 3. The van der Waals surface area contributed by atoms with E-state index in [0.717, 1.165) is 18.3 Å².